The van der Waals surface area contributed by atoms with Crippen LogP contribution >= 0.6 is 7.82 Å². The van der Waals surface area contributed by atoms with E-state index in [2.05, 4.69) is 13.8 Å². The monoisotopic (exact) mass is 903 g/mol. The van der Waals surface area contributed by atoms with E-state index in [9.17, 15) is 59.9 Å². The second kappa shape index (κ2) is 31.5. The second-order valence-electron chi connectivity index (χ2n) is 16.6. The Bertz CT molecular complexity index is 1210. The lowest BCUT2D eigenvalue weighted by Gasteiger charge is -2.47. The first-order valence-electron chi connectivity index (χ1n) is 22.9. The molecule has 19 heteroatoms. The lowest BCUT2D eigenvalue weighted by atomic mass is 9.84. The maximum Gasteiger partial charge on any atom is 0.478 e. The number of carbonyl (C=O) groups is 2. The first kappa shape index (κ1) is 55.8. The zero-order valence-corrected chi connectivity index (χ0v) is 37.4. The summed E-state index contributed by atoms with van der Waals surface area (Å²) in [6.07, 6.45) is 1.35. The summed E-state index contributed by atoms with van der Waals surface area (Å²) in [6, 6.07) is 0. The third-order valence-electron chi connectivity index (χ3n) is 11.3. The van der Waals surface area contributed by atoms with Crippen LogP contribution in [0, 0.1) is 0 Å². The zero-order valence-electron chi connectivity index (χ0n) is 36.5. The van der Waals surface area contributed by atoms with Crippen LogP contribution in [0.3, 0.4) is 0 Å². The molecule has 0 bridgehead atoms. The van der Waals surface area contributed by atoms with Gasteiger partial charge in [-0.25, -0.2) is 9.09 Å². The van der Waals surface area contributed by atoms with Gasteiger partial charge in [0.05, 0.1) is 6.61 Å². The van der Waals surface area contributed by atoms with Crippen molar-refractivity contribution in [3.05, 3.63) is 0 Å². The van der Waals surface area contributed by atoms with E-state index in [1.165, 1.54) is 70.6 Å². The molecule has 2 fully saturated rings. The molecule has 0 radical (unpaired) electrons. The van der Waals surface area contributed by atoms with Crippen molar-refractivity contribution in [1.82, 2.24) is 0 Å². The third-order valence-corrected chi connectivity index (χ3v) is 12.3. The highest BCUT2D eigenvalue weighted by molar-refractivity contribution is 7.47. The normalized spacial score (nSPS) is 29.5. The Morgan fingerprint density at radius 3 is 1.28 bits per heavy atom. The number of phosphoric ester groups is 1. The Morgan fingerprint density at radius 1 is 0.525 bits per heavy atom. The predicted molar refractivity (Wildman–Crippen MR) is 221 cm³/mol. The summed E-state index contributed by atoms with van der Waals surface area (Å²) in [5.41, 5.74) is 0. The highest BCUT2D eigenvalue weighted by atomic mass is 31.2. The number of aliphatic hydroxyl groups is 8. The van der Waals surface area contributed by atoms with Crippen LogP contribution in [0.5, 0.6) is 0 Å². The zero-order chi connectivity index (χ0) is 45.2. The molecule has 0 spiro atoms. The predicted octanol–water partition coefficient (Wildman–Crippen LogP) is 4.29. The van der Waals surface area contributed by atoms with Gasteiger partial charge in [-0.15, -0.1) is 0 Å². The molecule has 0 aromatic carbocycles. The van der Waals surface area contributed by atoms with Crippen molar-refractivity contribution in [2.24, 2.45) is 0 Å². The molecule has 61 heavy (non-hydrogen) atoms. The molecule has 13 atom stereocenters. The van der Waals surface area contributed by atoms with Gasteiger partial charge in [0.1, 0.15) is 61.0 Å². The second-order valence-corrected chi connectivity index (χ2v) is 18.0. The number of ether oxygens (including phenoxy) is 4. The van der Waals surface area contributed by atoms with Gasteiger partial charge >= 0.3 is 26.2 Å². The molecule has 0 amide bonds. The minimum atomic E-state index is -5.63. The molecular weight excluding hydrogens is 823 g/mol. The average molecular weight is 903 g/mol. The van der Waals surface area contributed by atoms with Gasteiger partial charge < -0.3 is 64.7 Å². The van der Waals surface area contributed by atoms with Crippen LogP contribution in [0.2, 0.25) is 0 Å². The average Bonchev–Trinajstić information content (AvgIpc) is 3.22. The third kappa shape index (κ3) is 21.5. The fraction of sp³-hybridized carbons (Fsp3) is 0.952. The van der Waals surface area contributed by atoms with E-state index in [1.54, 1.807) is 0 Å². The molecule has 1 saturated carbocycles. The first-order chi connectivity index (χ1) is 29.2. The molecule has 1 heterocycles. The minimum absolute atomic E-state index is 0.128. The van der Waals surface area contributed by atoms with Crippen LogP contribution in [-0.2, 0) is 42.1 Å². The van der Waals surface area contributed by atoms with Crippen molar-refractivity contribution in [2.75, 3.05) is 6.61 Å². The Hall–Kier alpha value is -1.35. The summed E-state index contributed by atoms with van der Waals surface area (Å²) >= 11 is 0. The van der Waals surface area contributed by atoms with Crippen LogP contribution < -0.4 is 0 Å². The molecule has 1 aliphatic heterocycles. The van der Waals surface area contributed by atoms with Gasteiger partial charge in [-0.05, 0) is 12.8 Å². The number of rotatable bonds is 34. The highest BCUT2D eigenvalue weighted by Gasteiger charge is 2.55. The maximum atomic E-state index is 13.5. The molecule has 2 rings (SSSR count). The lowest BCUT2D eigenvalue weighted by Crippen LogP contribution is -2.67. The molecule has 1 aliphatic carbocycles. The fourth-order valence-electron chi connectivity index (χ4n) is 7.53. The molecule has 360 valence electrons. The van der Waals surface area contributed by atoms with Gasteiger partial charge in [-0.1, -0.05) is 149 Å². The summed E-state index contributed by atoms with van der Waals surface area (Å²) in [7, 11) is -5.63. The van der Waals surface area contributed by atoms with E-state index in [0.717, 1.165) is 51.4 Å². The molecular formula is C42H79O18P. The van der Waals surface area contributed by atoms with E-state index in [-0.39, 0.29) is 12.8 Å². The van der Waals surface area contributed by atoms with Crippen molar-refractivity contribution in [2.45, 2.75) is 248 Å². The quantitative estimate of drug-likeness (QED) is 0.0188. The number of unbranched alkanes of at least 4 members (excludes halogenated alkanes) is 21. The van der Waals surface area contributed by atoms with E-state index in [4.69, 9.17) is 28.0 Å². The number of aliphatic hydroxyl groups excluding tert-OH is 8. The summed E-state index contributed by atoms with van der Waals surface area (Å²) in [5.74, 6) is -1.82. The summed E-state index contributed by atoms with van der Waals surface area (Å²) in [5, 5.41) is 82.8. The van der Waals surface area contributed by atoms with Crippen molar-refractivity contribution in [1.29, 1.82) is 0 Å². The Labute approximate surface area is 361 Å². The molecule has 0 aromatic heterocycles. The van der Waals surface area contributed by atoms with Crippen LogP contribution in [0.15, 0.2) is 0 Å². The molecule has 9 N–H and O–H groups in total. The molecule has 1 saturated heterocycles. The number of hydrogen-bond acceptors (Lipinski definition) is 17. The topological polar surface area (TPSA) is 289 Å². The molecule has 2 aliphatic rings. The van der Waals surface area contributed by atoms with Crippen molar-refractivity contribution in [3.8, 4) is 0 Å². The number of carbonyl (C=O) groups excluding carboxylic acids is 2. The van der Waals surface area contributed by atoms with E-state index >= 15 is 0 Å². The summed E-state index contributed by atoms with van der Waals surface area (Å²) in [4.78, 5) is 36.6. The molecule has 18 nitrogen and oxygen atoms in total. The number of esters is 2. The SMILES string of the molecule is CCCCCCCCCCCCCCC(=O)O[C@H](OC(=O)CCCCCCCCCCCCC)OP(=O)(O)O[C@H]1[C@H](O)[C@@H](O)[C@H](O)[C@@H](O)[C@H]1O[C@@H]1O[C@H](CO)[C@@H](O)[C@H](O)[C@@H]1O. The highest BCUT2D eigenvalue weighted by Crippen LogP contribution is 2.49. The first-order valence-corrected chi connectivity index (χ1v) is 24.4. The number of phosphoric acid groups is 1. The van der Waals surface area contributed by atoms with Crippen LogP contribution in [0.25, 0.3) is 0 Å². The summed E-state index contributed by atoms with van der Waals surface area (Å²) < 4.78 is 44.7. The Kier molecular flexibility index (Phi) is 28.8. The van der Waals surface area contributed by atoms with Gasteiger partial charge in [-0.2, -0.15) is 0 Å². The van der Waals surface area contributed by atoms with Crippen molar-refractivity contribution >= 4 is 19.8 Å². The number of hydrogen-bond donors (Lipinski definition) is 9. The minimum Gasteiger partial charge on any atom is -0.400 e. The standard InChI is InChI=1S/C42H79O18P/c1-3-5-7-9-11-13-15-17-19-21-23-25-27-31(45)57-42(56-30(44)26-24-22-20-18-16-14-12-10-8-6-4-2)60-61(53,54)59-40-37(51)35(49)34(48)36(50)39(40)58-41-38(52)33(47)32(46)29(28-43)55-41/h29,32-43,46-52H,3-28H2,1-2H3,(H,53,54)/t29-,32-,33+,34+,35+,36-,37-,38+,39-,40+,41+,42+/m1/s1. The lowest BCUT2D eigenvalue weighted by molar-refractivity contribution is -0.338. The van der Waals surface area contributed by atoms with Crippen LogP contribution in [0.4, 0.5) is 0 Å². The van der Waals surface area contributed by atoms with E-state index in [0.29, 0.717) is 25.7 Å². The van der Waals surface area contributed by atoms with Gasteiger partial charge in [0, 0.05) is 12.8 Å². The van der Waals surface area contributed by atoms with Crippen LogP contribution in [-0.4, -0.2) is 138 Å². The van der Waals surface area contributed by atoms with Crippen molar-refractivity contribution in [3.63, 3.8) is 0 Å². The molecule has 0 aromatic rings. The van der Waals surface area contributed by atoms with Gasteiger partial charge in [-0.3, -0.25) is 14.1 Å². The van der Waals surface area contributed by atoms with Gasteiger partial charge in [0.15, 0.2) is 6.29 Å². The summed E-state index contributed by atoms with van der Waals surface area (Å²) in [6.45, 7) is 1.11. The van der Waals surface area contributed by atoms with Crippen molar-refractivity contribution < 1.29 is 87.9 Å². The van der Waals surface area contributed by atoms with Gasteiger partial charge in [0.25, 0.3) is 0 Å². The largest absolute Gasteiger partial charge is 0.478 e. The van der Waals surface area contributed by atoms with E-state index in [1.807, 2.05) is 0 Å². The maximum absolute atomic E-state index is 13.5. The van der Waals surface area contributed by atoms with E-state index < -0.39 is 100 Å². The van der Waals surface area contributed by atoms with Crippen LogP contribution in [0.1, 0.15) is 174 Å². The molecule has 1 unspecified atom stereocenters. The Morgan fingerprint density at radius 2 is 0.885 bits per heavy atom. The fourth-order valence-corrected chi connectivity index (χ4v) is 8.43. The Balaban J connectivity index is 2.04. The smallest absolute Gasteiger partial charge is 0.400 e. The van der Waals surface area contributed by atoms with Gasteiger partial charge in [0.2, 0.25) is 0 Å².